The zero-order valence-electron chi connectivity index (χ0n) is 12.8. The van der Waals surface area contributed by atoms with Crippen molar-refractivity contribution in [3.05, 3.63) is 20.0 Å². The zero-order chi connectivity index (χ0) is 12.3. The van der Waals surface area contributed by atoms with E-state index in [9.17, 15) is 0 Å². The fraction of sp³-hybridized carbons (Fsp3) is 0.733. The van der Waals surface area contributed by atoms with Crippen LogP contribution in [-0.2, 0) is 24.4 Å². The Hall–Kier alpha value is 1.22. The van der Waals surface area contributed by atoms with Crippen LogP contribution in [0.25, 0.3) is 0 Å². The largest absolute Gasteiger partial charge is 0.147 e. The number of hydrogen-bond donors (Lipinski definition) is 0. The van der Waals surface area contributed by atoms with Gasteiger partial charge in [-0.1, -0.05) is 0 Å². The molecule has 0 aromatic heterocycles. The maximum absolute atomic E-state index is 2.38. The van der Waals surface area contributed by atoms with E-state index in [1.165, 1.54) is 56.5 Å². The van der Waals surface area contributed by atoms with Crippen LogP contribution in [0, 0.1) is 5.41 Å². The van der Waals surface area contributed by atoms with Crippen molar-refractivity contribution in [1.82, 2.24) is 0 Å². The van der Waals surface area contributed by atoms with Crippen LogP contribution in [0.4, 0.5) is 0 Å². The molecule has 0 spiro atoms. The predicted octanol–water partition coefficient (Wildman–Crippen LogP) is 6.40. The molecule has 0 fully saturated rings. The maximum Gasteiger partial charge on any atom is -0.147 e. The number of allylic oxidation sites excluding steroid dienone is 4. The average molecular weight is 493 g/mol. The molecular formula is C15H28Cl3Hf. The monoisotopic (exact) mass is 493 g/mol. The van der Waals surface area contributed by atoms with Crippen LogP contribution in [0.2, 0.25) is 0 Å². The summed E-state index contributed by atoms with van der Waals surface area (Å²) in [6.45, 7) is 11.8. The molecule has 0 aliphatic heterocycles. The molecule has 4 heteroatoms. The predicted molar refractivity (Wildman–Crippen MR) is 89.7 cm³/mol. The van der Waals surface area contributed by atoms with Gasteiger partial charge in [0, 0.05) is 0 Å². The Bertz CT molecular complexity index is 328. The van der Waals surface area contributed by atoms with Gasteiger partial charge in [-0.2, -0.15) is 0 Å². The molecule has 0 saturated carbocycles. The van der Waals surface area contributed by atoms with Gasteiger partial charge in [0.15, 0.2) is 0 Å². The van der Waals surface area contributed by atoms with Gasteiger partial charge in [-0.05, 0) is 0 Å². The van der Waals surface area contributed by atoms with E-state index >= 15 is 0 Å². The minimum Gasteiger partial charge on any atom is -0.147 e. The molecule has 0 atom stereocenters. The third-order valence-electron chi connectivity index (χ3n) is 4.35. The Morgan fingerprint density at radius 1 is 0.737 bits per heavy atom. The van der Waals surface area contributed by atoms with Crippen molar-refractivity contribution < 1.29 is 24.4 Å². The normalized spacial score (nSPS) is 16.6. The fourth-order valence-corrected chi connectivity index (χ4v) is 6.45. The first-order valence-electron chi connectivity index (χ1n) is 6.80. The Labute approximate surface area is 153 Å². The third kappa shape index (κ3) is 4.11. The van der Waals surface area contributed by atoms with E-state index in [1.54, 1.807) is 16.7 Å². The second-order valence-corrected chi connectivity index (χ2v) is 6.46. The van der Waals surface area contributed by atoms with Gasteiger partial charge in [0.05, 0.1) is 0 Å². The van der Waals surface area contributed by atoms with Crippen LogP contribution in [0.15, 0.2) is 20.0 Å². The van der Waals surface area contributed by atoms with Crippen molar-refractivity contribution in [2.24, 2.45) is 5.41 Å². The molecule has 0 N–H and O–H groups in total. The van der Waals surface area contributed by atoms with Gasteiger partial charge in [0.1, 0.15) is 0 Å². The van der Waals surface area contributed by atoms with Crippen LogP contribution in [0.1, 0.15) is 66.7 Å². The van der Waals surface area contributed by atoms with Crippen molar-refractivity contribution in [2.45, 2.75) is 66.7 Å². The van der Waals surface area contributed by atoms with Gasteiger partial charge in [-0.3, -0.25) is 0 Å². The van der Waals surface area contributed by atoms with Crippen molar-refractivity contribution in [2.75, 3.05) is 0 Å². The molecule has 0 saturated heterocycles. The molecule has 0 aromatic rings. The van der Waals surface area contributed by atoms with Crippen LogP contribution < -0.4 is 0 Å². The molecule has 0 amide bonds. The molecule has 0 bridgehead atoms. The number of rotatable bonds is 5. The van der Waals surface area contributed by atoms with E-state index in [1.807, 2.05) is 3.33 Å². The van der Waals surface area contributed by atoms with E-state index in [2.05, 4.69) is 34.6 Å². The summed E-state index contributed by atoms with van der Waals surface area (Å²) in [6.07, 6.45) is 6.34. The van der Waals surface area contributed by atoms with E-state index in [4.69, 9.17) is 0 Å². The van der Waals surface area contributed by atoms with Gasteiger partial charge in [-0.25, -0.2) is 0 Å². The van der Waals surface area contributed by atoms with Crippen molar-refractivity contribution >= 4 is 37.2 Å². The quantitative estimate of drug-likeness (QED) is 0.389. The summed E-state index contributed by atoms with van der Waals surface area (Å²) in [4.78, 5) is 0. The fourth-order valence-electron chi connectivity index (χ4n) is 3.46. The molecule has 0 unspecified atom stereocenters. The van der Waals surface area contributed by atoms with Gasteiger partial charge >= 0.3 is 117 Å². The van der Waals surface area contributed by atoms with Gasteiger partial charge in [-0.15, -0.1) is 37.2 Å². The van der Waals surface area contributed by atoms with Gasteiger partial charge in [0.25, 0.3) is 0 Å². The molecule has 0 heterocycles. The SMILES string of the molecule is CCC1=[C]([Hf])C(CC)(CC)C(CC)=C1CC.Cl.Cl.Cl. The summed E-state index contributed by atoms with van der Waals surface area (Å²) < 4.78 is 1.81. The standard InChI is InChI=1S/C15H25.3ClH.Hf/c1-6-12-11-15(9-4,10-5)14(8-3)13(12)7-2;;;;/h6-10H2,1-5H3;3*1H;. The molecule has 1 aliphatic rings. The maximum atomic E-state index is 2.38. The summed E-state index contributed by atoms with van der Waals surface area (Å²) in [5.41, 5.74) is 5.70. The molecular weight excluding hydrogens is 465 g/mol. The van der Waals surface area contributed by atoms with Crippen molar-refractivity contribution in [1.29, 1.82) is 0 Å². The first-order valence-corrected chi connectivity index (χ1v) is 8.60. The molecule has 0 nitrogen and oxygen atoms in total. The first kappa shape index (κ1) is 25.2. The van der Waals surface area contributed by atoms with Gasteiger partial charge < -0.3 is 0 Å². The van der Waals surface area contributed by atoms with E-state index in [0.29, 0.717) is 5.41 Å². The smallest absolute Gasteiger partial charge is 0.147 e. The van der Waals surface area contributed by atoms with Crippen LogP contribution in [0.5, 0.6) is 0 Å². The molecule has 1 aliphatic carbocycles. The molecule has 19 heavy (non-hydrogen) atoms. The Morgan fingerprint density at radius 2 is 1.16 bits per heavy atom. The van der Waals surface area contributed by atoms with Crippen LogP contribution in [0.3, 0.4) is 0 Å². The average Bonchev–Trinajstić information content (AvgIpc) is 2.56. The Morgan fingerprint density at radius 3 is 1.42 bits per heavy atom. The molecule has 113 valence electrons. The van der Waals surface area contributed by atoms with Crippen molar-refractivity contribution in [3.8, 4) is 0 Å². The van der Waals surface area contributed by atoms with E-state index < -0.39 is 0 Å². The summed E-state index contributed by atoms with van der Waals surface area (Å²) in [6, 6.07) is 0. The minimum absolute atomic E-state index is 0. The summed E-state index contributed by atoms with van der Waals surface area (Å²) in [7, 11) is 0. The second kappa shape index (κ2) is 10.9. The zero-order valence-corrected chi connectivity index (χ0v) is 18.8. The molecule has 0 aromatic carbocycles. The van der Waals surface area contributed by atoms with Crippen LogP contribution >= 0.6 is 37.2 Å². The summed E-state index contributed by atoms with van der Waals surface area (Å²) >= 11 is 1.25. The van der Waals surface area contributed by atoms with Crippen LogP contribution in [-0.4, -0.2) is 0 Å². The van der Waals surface area contributed by atoms with E-state index in [-0.39, 0.29) is 37.2 Å². The second-order valence-electron chi connectivity index (χ2n) is 4.66. The van der Waals surface area contributed by atoms with E-state index in [0.717, 1.165) is 0 Å². The van der Waals surface area contributed by atoms with Gasteiger partial charge in [0.2, 0.25) is 0 Å². The Balaban J connectivity index is -0.000000853. The third-order valence-corrected chi connectivity index (χ3v) is 7.16. The number of halogens is 3. The van der Waals surface area contributed by atoms with Crippen molar-refractivity contribution in [3.63, 3.8) is 0 Å². The first-order chi connectivity index (χ1) is 7.62. The molecule has 0 radical (unpaired) electrons. The summed E-state index contributed by atoms with van der Waals surface area (Å²) in [5, 5.41) is 0. The molecule has 1 rings (SSSR count). The number of hydrogen-bond acceptors (Lipinski definition) is 0. The minimum atomic E-state index is 0. The topological polar surface area (TPSA) is 0 Å². The summed E-state index contributed by atoms with van der Waals surface area (Å²) in [5.74, 6) is 0. The Kier molecular flexibility index (Phi) is 14.4.